The SMILES string of the molecule is COc1ccc2nc(CN[C@@H](CC(C)C)C(=O)O)sc2c1. The van der Waals surface area contributed by atoms with E-state index in [0.717, 1.165) is 21.0 Å². The minimum Gasteiger partial charge on any atom is -0.497 e. The van der Waals surface area contributed by atoms with Crippen LogP contribution in [0.4, 0.5) is 0 Å². The third-order valence-electron chi connectivity index (χ3n) is 3.14. The number of hydrogen-bond donors (Lipinski definition) is 2. The Labute approximate surface area is 128 Å². The van der Waals surface area contributed by atoms with E-state index in [1.54, 1.807) is 18.4 Å². The number of fused-ring (bicyclic) bond motifs is 1. The fourth-order valence-corrected chi connectivity index (χ4v) is 3.06. The van der Waals surface area contributed by atoms with Crippen molar-refractivity contribution in [1.82, 2.24) is 10.3 Å². The Morgan fingerprint density at radius 2 is 2.24 bits per heavy atom. The molecule has 1 aromatic carbocycles. The molecule has 0 aliphatic carbocycles. The van der Waals surface area contributed by atoms with E-state index in [9.17, 15) is 9.90 Å². The lowest BCUT2D eigenvalue weighted by molar-refractivity contribution is -0.140. The van der Waals surface area contributed by atoms with E-state index in [1.807, 2.05) is 32.0 Å². The second-order valence-corrected chi connectivity index (χ2v) is 6.46. The zero-order valence-corrected chi connectivity index (χ0v) is 13.2. The highest BCUT2D eigenvalue weighted by atomic mass is 32.1. The molecule has 0 saturated carbocycles. The van der Waals surface area contributed by atoms with Crippen molar-refractivity contribution in [3.05, 3.63) is 23.2 Å². The first kappa shape index (κ1) is 15.7. The molecule has 0 aliphatic heterocycles. The minimum absolute atomic E-state index is 0.332. The number of carboxylic acid groups (broad SMARTS) is 1. The predicted molar refractivity (Wildman–Crippen MR) is 83.9 cm³/mol. The molecule has 1 aromatic heterocycles. The van der Waals surface area contributed by atoms with Crippen molar-refractivity contribution < 1.29 is 14.6 Å². The fraction of sp³-hybridized carbons (Fsp3) is 0.467. The number of aromatic nitrogens is 1. The Morgan fingerprint density at radius 3 is 2.86 bits per heavy atom. The first-order valence-electron chi connectivity index (χ1n) is 6.89. The Bertz CT molecular complexity index is 624. The number of carboxylic acids is 1. The molecule has 0 saturated heterocycles. The van der Waals surface area contributed by atoms with Gasteiger partial charge in [0.15, 0.2) is 0 Å². The van der Waals surface area contributed by atoms with Crippen LogP contribution in [-0.2, 0) is 11.3 Å². The van der Waals surface area contributed by atoms with Crippen LogP contribution < -0.4 is 10.1 Å². The molecule has 2 N–H and O–H groups in total. The highest BCUT2D eigenvalue weighted by Gasteiger charge is 2.18. The van der Waals surface area contributed by atoms with Crippen molar-refractivity contribution in [1.29, 1.82) is 0 Å². The van der Waals surface area contributed by atoms with Crippen LogP contribution in [0.15, 0.2) is 18.2 Å². The molecule has 5 nitrogen and oxygen atoms in total. The minimum atomic E-state index is -0.813. The van der Waals surface area contributed by atoms with Crippen LogP contribution in [0.3, 0.4) is 0 Å². The second-order valence-electron chi connectivity index (χ2n) is 5.34. The van der Waals surface area contributed by atoms with E-state index in [0.29, 0.717) is 18.9 Å². The molecule has 0 unspecified atom stereocenters. The van der Waals surface area contributed by atoms with E-state index in [2.05, 4.69) is 10.3 Å². The summed E-state index contributed by atoms with van der Waals surface area (Å²) in [7, 11) is 1.63. The number of carbonyl (C=O) groups is 1. The first-order valence-corrected chi connectivity index (χ1v) is 7.71. The maximum atomic E-state index is 11.2. The number of hydrogen-bond acceptors (Lipinski definition) is 5. The summed E-state index contributed by atoms with van der Waals surface area (Å²) in [6.07, 6.45) is 0.605. The van der Waals surface area contributed by atoms with Gasteiger partial charge in [-0.25, -0.2) is 4.98 Å². The van der Waals surface area contributed by atoms with Gasteiger partial charge in [-0.3, -0.25) is 10.1 Å². The number of ether oxygens (including phenoxy) is 1. The van der Waals surface area contributed by atoms with Gasteiger partial charge in [-0.15, -0.1) is 11.3 Å². The van der Waals surface area contributed by atoms with Gasteiger partial charge in [-0.05, 0) is 30.5 Å². The van der Waals surface area contributed by atoms with Gasteiger partial charge in [-0.1, -0.05) is 13.8 Å². The van der Waals surface area contributed by atoms with Gasteiger partial charge in [-0.2, -0.15) is 0 Å². The van der Waals surface area contributed by atoms with Gasteiger partial charge in [0, 0.05) is 6.54 Å². The molecule has 0 radical (unpaired) electrons. The Kier molecular flexibility index (Phi) is 5.14. The lowest BCUT2D eigenvalue weighted by atomic mass is 10.0. The second kappa shape index (κ2) is 6.87. The summed E-state index contributed by atoms with van der Waals surface area (Å²) < 4.78 is 6.23. The van der Waals surface area contributed by atoms with Crippen LogP contribution in [0.5, 0.6) is 5.75 Å². The molecular weight excluding hydrogens is 288 g/mol. The number of nitrogens with one attached hydrogen (secondary N) is 1. The van der Waals surface area contributed by atoms with Gasteiger partial charge < -0.3 is 9.84 Å². The fourth-order valence-electron chi connectivity index (χ4n) is 2.11. The van der Waals surface area contributed by atoms with Crippen LogP contribution in [0.25, 0.3) is 10.2 Å². The Balaban J connectivity index is 2.06. The topological polar surface area (TPSA) is 71.5 Å². The molecule has 0 fully saturated rings. The summed E-state index contributed by atoms with van der Waals surface area (Å²) in [6.45, 7) is 4.49. The van der Waals surface area contributed by atoms with E-state index in [4.69, 9.17) is 4.74 Å². The number of methoxy groups -OCH3 is 1. The number of benzene rings is 1. The van der Waals surface area contributed by atoms with Crippen molar-refractivity contribution in [2.75, 3.05) is 7.11 Å². The largest absolute Gasteiger partial charge is 0.497 e. The van der Waals surface area contributed by atoms with Crippen molar-refractivity contribution in [2.24, 2.45) is 5.92 Å². The van der Waals surface area contributed by atoms with Crippen LogP contribution in [0.1, 0.15) is 25.3 Å². The molecule has 6 heteroatoms. The standard InChI is InChI=1S/C15H20N2O3S/c1-9(2)6-12(15(18)19)16-8-14-17-11-5-4-10(20-3)7-13(11)21-14/h4-5,7,9,12,16H,6,8H2,1-3H3,(H,18,19)/t12-/m0/s1. The van der Waals surface area contributed by atoms with Crippen molar-refractivity contribution in [3.63, 3.8) is 0 Å². The Hall–Kier alpha value is -1.66. The van der Waals surface area contributed by atoms with Crippen LogP contribution in [0.2, 0.25) is 0 Å². The van der Waals surface area contributed by atoms with Gasteiger partial charge in [0.05, 0.1) is 17.3 Å². The molecule has 2 rings (SSSR count). The molecular formula is C15H20N2O3S. The lowest BCUT2D eigenvalue weighted by Crippen LogP contribution is -2.37. The van der Waals surface area contributed by atoms with E-state index in [-0.39, 0.29) is 0 Å². The summed E-state index contributed by atoms with van der Waals surface area (Å²) in [5.74, 6) is 0.318. The average Bonchev–Trinajstić information content (AvgIpc) is 2.84. The molecule has 114 valence electrons. The van der Waals surface area contributed by atoms with Crippen molar-refractivity contribution in [3.8, 4) is 5.75 Å². The average molecular weight is 308 g/mol. The van der Waals surface area contributed by atoms with Crippen molar-refractivity contribution in [2.45, 2.75) is 32.9 Å². The van der Waals surface area contributed by atoms with Crippen molar-refractivity contribution >= 4 is 27.5 Å². The highest BCUT2D eigenvalue weighted by molar-refractivity contribution is 7.18. The van der Waals surface area contributed by atoms with E-state index < -0.39 is 12.0 Å². The summed E-state index contributed by atoms with van der Waals surface area (Å²) >= 11 is 1.55. The molecule has 21 heavy (non-hydrogen) atoms. The number of nitrogens with zero attached hydrogens (tertiary/aromatic N) is 1. The summed E-state index contributed by atoms with van der Waals surface area (Å²) in [6, 6.07) is 5.19. The smallest absolute Gasteiger partial charge is 0.320 e. The summed E-state index contributed by atoms with van der Waals surface area (Å²) in [5.41, 5.74) is 0.910. The maximum Gasteiger partial charge on any atom is 0.320 e. The van der Waals surface area contributed by atoms with Gasteiger partial charge >= 0.3 is 5.97 Å². The maximum absolute atomic E-state index is 11.2. The monoisotopic (exact) mass is 308 g/mol. The lowest BCUT2D eigenvalue weighted by Gasteiger charge is -2.15. The van der Waals surface area contributed by atoms with Gasteiger partial charge in [0.1, 0.15) is 16.8 Å². The van der Waals surface area contributed by atoms with Crippen LogP contribution >= 0.6 is 11.3 Å². The third-order valence-corrected chi connectivity index (χ3v) is 4.16. The number of thiazole rings is 1. The Morgan fingerprint density at radius 1 is 1.48 bits per heavy atom. The normalized spacial score (nSPS) is 12.8. The third kappa shape index (κ3) is 4.15. The van der Waals surface area contributed by atoms with Crippen LogP contribution in [-0.4, -0.2) is 29.2 Å². The zero-order valence-electron chi connectivity index (χ0n) is 12.4. The predicted octanol–water partition coefficient (Wildman–Crippen LogP) is 2.89. The molecule has 0 bridgehead atoms. The number of aliphatic carboxylic acids is 1. The highest BCUT2D eigenvalue weighted by Crippen LogP contribution is 2.26. The first-order chi connectivity index (χ1) is 9.99. The molecule has 1 atom stereocenters. The van der Waals surface area contributed by atoms with Gasteiger partial charge in [0.25, 0.3) is 0 Å². The molecule has 0 amide bonds. The zero-order chi connectivity index (χ0) is 15.4. The molecule has 1 heterocycles. The quantitative estimate of drug-likeness (QED) is 0.823. The summed E-state index contributed by atoms with van der Waals surface area (Å²) in [4.78, 5) is 15.7. The van der Waals surface area contributed by atoms with Gasteiger partial charge in [0.2, 0.25) is 0 Å². The number of rotatable bonds is 7. The molecule has 2 aromatic rings. The van der Waals surface area contributed by atoms with Crippen LogP contribution in [0, 0.1) is 5.92 Å². The summed E-state index contributed by atoms with van der Waals surface area (Å²) in [5, 5.41) is 13.2. The van der Waals surface area contributed by atoms with E-state index in [1.165, 1.54) is 0 Å². The molecule has 0 aliphatic rings. The molecule has 0 spiro atoms. The van der Waals surface area contributed by atoms with E-state index >= 15 is 0 Å².